The number of aliphatic hydroxyl groups is 1. The number of hydrogen-bond donors (Lipinski definition) is 1. The van der Waals surface area contributed by atoms with Crippen LogP contribution in [0.3, 0.4) is 0 Å². The highest BCUT2D eigenvalue weighted by Gasteiger charge is 2.11. The molecule has 0 saturated carbocycles. The monoisotopic (exact) mass is 276 g/mol. The van der Waals surface area contributed by atoms with Crippen LogP contribution in [0.1, 0.15) is 22.8 Å². The lowest BCUT2D eigenvalue weighted by molar-refractivity contribution is 0.178. The molecule has 2 nitrogen and oxygen atoms in total. The summed E-state index contributed by atoms with van der Waals surface area (Å²) in [4.78, 5) is 0. The molecule has 3 heteroatoms. The minimum Gasteiger partial charge on any atom is -0.496 e. The number of hydrogen-bond acceptors (Lipinski definition) is 2. The van der Waals surface area contributed by atoms with Crippen molar-refractivity contribution in [1.82, 2.24) is 0 Å². The number of aryl methyl sites for hydroxylation is 1. The average molecular weight is 277 g/mol. The van der Waals surface area contributed by atoms with Crippen molar-refractivity contribution in [3.8, 4) is 5.75 Å². The van der Waals surface area contributed by atoms with Gasteiger partial charge in [-0.2, -0.15) is 0 Å². The lowest BCUT2D eigenvalue weighted by atomic mass is 10.00. The highest BCUT2D eigenvalue weighted by molar-refractivity contribution is 6.30. The smallest absolute Gasteiger partial charge is 0.122 e. The minimum absolute atomic E-state index is 0.534. The summed E-state index contributed by atoms with van der Waals surface area (Å²) in [7, 11) is 1.63. The molecule has 1 atom stereocenters. The Bertz CT molecular complexity index is 566. The van der Waals surface area contributed by atoms with Crippen molar-refractivity contribution in [2.24, 2.45) is 0 Å². The quantitative estimate of drug-likeness (QED) is 0.917. The Balaban J connectivity index is 2.18. The molecule has 0 heterocycles. The number of rotatable bonds is 4. The van der Waals surface area contributed by atoms with E-state index in [0.717, 1.165) is 22.4 Å². The van der Waals surface area contributed by atoms with E-state index in [4.69, 9.17) is 16.3 Å². The standard InChI is InChI=1S/C16H17ClO2/c1-11-6-7-13(10-16(11)19-2)15(18)9-12-4-3-5-14(17)8-12/h3-8,10,15,18H,9H2,1-2H3. The lowest BCUT2D eigenvalue weighted by Gasteiger charge is -2.13. The largest absolute Gasteiger partial charge is 0.496 e. The SMILES string of the molecule is COc1cc(C(O)Cc2cccc(Cl)c2)ccc1C. The molecule has 0 aromatic heterocycles. The van der Waals surface area contributed by atoms with Gasteiger partial charge in [0.05, 0.1) is 13.2 Å². The fraction of sp³-hybridized carbons (Fsp3) is 0.250. The van der Waals surface area contributed by atoms with Gasteiger partial charge in [0.2, 0.25) is 0 Å². The number of benzene rings is 2. The van der Waals surface area contributed by atoms with Crippen LogP contribution in [0.5, 0.6) is 5.75 Å². The first-order valence-corrected chi connectivity index (χ1v) is 6.55. The average Bonchev–Trinajstić information content (AvgIpc) is 2.39. The maximum Gasteiger partial charge on any atom is 0.122 e. The van der Waals surface area contributed by atoms with Crippen molar-refractivity contribution in [1.29, 1.82) is 0 Å². The van der Waals surface area contributed by atoms with Crippen LogP contribution in [0.15, 0.2) is 42.5 Å². The van der Waals surface area contributed by atoms with Crippen molar-refractivity contribution in [3.05, 3.63) is 64.2 Å². The van der Waals surface area contributed by atoms with Crippen LogP contribution in [-0.4, -0.2) is 12.2 Å². The molecule has 100 valence electrons. The molecule has 0 amide bonds. The molecular formula is C16H17ClO2. The Morgan fingerprint density at radius 3 is 2.68 bits per heavy atom. The number of methoxy groups -OCH3 is 1. The van der Waals surface area contributed by atoms with Gasteiger partial charge in [-0.05, 0) is 41.8 Å². The second-order valence-electron chi connectivity index (χ2n) is 4.58. The summed E-state index contributed by atoms with van der Waals surface area (Å²) in [5, 5.41) is 11.0. The van der Waals surface area contributed by atoms with E-state index in [-0.39, 0.29) is 0 Å². The predicted octanol–water partition coefficient (Wildman–Crippen LogP) is 3.93. The molecule has 1 N–H and O–H groups in total. The van der Waals surface area contributed by atoms with Gasteiger partial charge < -0.3 is 9.84 Å². The molecule has 0 saturated heterocycles. The maximum absolute atomic E-state index is 10.3. The third-order valence-corrected chi connectivity index (χ3v) is 3.37. The van der Waals surface area contributed by atoms with Gasteiger partial charge in [0, 0.05) is 11.4 Å². The Kier molecular flexibility index (Phi) is 4.46. The van der Waals surface area contributed by atoms with E-state index in [2.05, 4.69) is 0 Å². The van der Waals surface area contributed by atoms with Gasteiger partial charge in [0.15, 0.2) is 0 Å². The van der Waals surface area contributed by atoms with Gasteiger partial charge in [-0.15, -0.1) is 0 Å². The summed E-state index contributed by atoms with van der Waals surface area (Å²) in [6.07, 6.45) is -0.0276. The van der Waals surface area contributed by atoms with Crippen molar-refractivity contribution < 1.29 is 9.84 Å². The minimum atomic E-state index is -0.562. The van der Waals surface area contributed by atoms with Crippen LogP contribution in [0.25, 0.3) is 0 Å². The number of aliphatic hydroxyl groups excluding tert-OH is 1. The van der Waals surface area contributed by atoms with E-state index in [1.54, 1.807) is 7.11 Å². The van der Waals surface area contributed by atoms with E-state index < -0.39 is 6.10 Å². The first-order valence-electron chi connectivity index (χ1n) is 6.17. The number of ether oxygens (including phenoxy) is 1. The fourth-order valence-corrected chi connectivity index (χ4v) is 2.26. The summed E-state index contributed by atoms with van der Waals surface area (Å²) in [5.41, 5.74) is 2.92. The van der Waals surface area contributed by atoms with Crippen LogP contribution in [-0.2, 0) is 6.42 Å². The van der Waals surface area contributed by atoms with Gasteiger partial charge in [-0.3, -0.25) is 0 Å². The molecule has 0 fully saturated rings. The van der Waals surface area contributed by atoms with Gasteiger partial charge in [0.1, 0.15) is 5.75 Å². The maximum atomic E-state index is 10.3. The van der Waals surface area contributed by atoms with Gasteiger partial charge in [0.25, 0.3) is 0 Å². The van der Waals surface area contributed by atoms with E-state index in [9.17, 15) is 5.11 Å². The van der Waals surface area contributed by atoms with Crippen LogP contribution in [0.4, 0.5) is 0 Å². The first kappa shape index (κ1) is 13.9. The molecule has 19 heavy (non-hydrogen) atoms. The highest BCUT2D eigenvalue weighted by Crippen LogP contribution is 2.25. The molecule has 2 aromatic rings. The summed E-state index contributed by atoms with van der Waals surface area (Å²) in [5.74, 6) is 0.794. The van der Waals surface area contributed by atoms with Crippen LogP contribution in [0.2, 0.25) is 5.02 Å². The third-order valence-electron chi connectivity index (χ3n) is 3.13. The zero-order valence-electron chi connectivity index (χ0n) is 11.1. The topological polar surface area (TPSA) is 29.5 Å². The van der Waals surface area contributed by atoms with E-state index in [0.29, 0.717) is 11.4 Å². The fourth-order valence-electron chi connectivity index (χ4n) is 2.05. The Morgan fingerprint density at radius 1 is 1.21 bits per heavy atom. The van der Waals surface area contributed by atoms with Crippen LogP contribution < -0.4 is 4.74 Å². The second-order valence-corrected chi connectivity index (χ2v) is 5.02. The van der Waals surface area contributed by atoms with Gasteiger partial charge in [-0.1, -0.05) is 35.9 Å². The molecule has 2 rings (SSSR count). The van der Waals surface area contributed by atoms with E-state index >= 15 is 0 Å². The molecule has 0 aliphatic rings. The molecule has 0 aliphatic heterocycles. The second kappa shape index (κ2) is 6.09. The van der Waals surface area contributed by atoms with Gasteiger partial charge in [-0.25, -0.2) is 0 Å². The molecule has 0 aliphatic carbocycles. The first-order chi connectivity index (χ1) is 9.10. The van der Waals surface area contributed by atoms with E-state index in [1.807, 2.05) is 49.4 Å². The lowest BCUT2D eigenvalue weighted by Crippen LogP contribution is -2.02. The number of halogens is 1. The summed E-state index contributed by atoms with van der Waals surface area (Å²) in [6, 6.07) is 13.3. The molecular weight excluding hydrogens is 260 g/mol. The third kappa shape index (κ3) is 3.49. The highest BCUT2D eigenvalue weighted by atomic mass is 35.5. The molecule has 0 radical (unpaired) electrons. The summed E-state index contributed by atoms with van der Waals surface area (Å²) in [6.45, 7) is 1.98. The molecule has 0 spiro atoms. The Hall–Kier alpha value is -1.51. The zero-order valence-corrected chi connectivity index (χ0v) is 11.8. The Labute approximate surface area is 118 Å². The van der Waals surface area contributed by atoms with E-state index in [1.165, 1.54) is 0 Å². The van der Waals surface area contributed by atoms with Crippen LogP contribution in [0, 0.1) is 6.92 Å². The normalized spacial score (nSPS) is 12.2. The van der Waals surface area contributed by atoms with Gasteiger partial charge >= 0.3 is 0 Å². The Morgan fingerprint density at radius 2 is 2.00 bits per heavy atom. The summed E-state index contributed by atoms with van der Waals surface area (Å²) >= 11 is 5.94. The van der Waals surface area contributed by atoms with Crippen molar-refractivity contribution in [3.63, 3.8) is 0 Å². The predicted molar refractivity (Wildman–Crippen MR) is 77.8 cm³/mol. The molecule has 1 unspecified atom stereocenters. The van der Waals surface area contributed by atoms with Crippen molar-refractivity contribution in [2.45, 2.75) is 19.4 Å². The van der Waals surface area contributed by atoms with Crippen LogP contribution >= 0.6 is 11.6 Å². The molecule has 2 aromatic carbocycles. The van der Waals surface area contributed by atoms with Crippen molar-refractivity contribution in [2.75, 3.05) is 7.11 Å². The van der Waals surface area contributed by atoms with Crippen molar-refractivity contribution >= 4 is 11.6 Å². The molecule has 0 bridgehead atoms. The zero-order chi connectivity index (χ0) is 13.8. The summed E-state index contributed by atoms with van der Waals surface area (Å²) < 4.78 is 5.27.